The van der Waals surface area contributed by atoms with Crippen LogP contribution >= 0.6 is 0 Å². The van der Waals surface area contributed by atoms with Crippen LogP contribution in [0, 0.1) is 35.5 Å². The summed E-state index contributed by atoms with van der Waals surface area (Å²) in [5, 5.41) is 0. The highest BCUT2D eigenvalue weighted by atomic mass is 16.6. The second-order valence-corrected chi connectivity index (χ2v) is 5.35. The zero-order chi connectivity index (χ0) is 11.0. The highest BCUT2D eigenvalue weighted by molar-refractivity contribution is 5.97. The Morgan fingerprint density at radius 2 is 1.56 bits per heavy atom. The molecule has 0 amide bonds. The molecule has 2 bridgehead atoms. The molecule has 82 valence electrons. The molecule has 16 heavy (non-hydrogen) atoms. The quantitative estimate of drug-likeness (QED) is 0.348. The minimum absolute atomic E-state index is 0.197. The average molecular weight is 216 g/mol. The number of carbonyl (C=O) groups excluding carboxylic acids is 2. The van der Waals surface area contributed by atoms with Gasteiger partial charge in [0.25, 0.3) is 0 Å². The summed E-state index contributed by atoms with van der Waals surface area (Å²) in [4.78, 5) is 23.4. The van der Waals surface area contributed by atoms with E-state index in [1.54, 1.807) is 0 Å². The van der Waals surface area contributed by atoms with Gasteiger partial charge in [0.15, 0.2) is 0 Å². The van der Waals surface area contributed by atoms with Crippen LogP contribution in [0.4, 0.5) is 0 Å². The lowest BCUT2D eigenvalue weighted by Gasteiger charge is -2.53. The van der Waals surface area contributed by atoms with Crippen molar-refractivity contribution in [1.29, 1.82) is 0 Å². The molecule has 5 aliphatic rings. The van der Waals surface area contributed by atoms with E-state index in [0.717, 1.165) is 0 Å². The van der Waals surface area contributed by atoms with Gasteiger partial charge < -0.3 is 4.74 Å². The molecule has 0 aromatic rings. The molecule has 3 heteroatoms. The summed E-state index contributed by atoms with van der Waals surface area (Å²) in [6.45, 7) is 2.12. The summed E-state index contributed by atoms with van der Waals surface area (Å²) in [6, 6.07) is 0. The molecular formula is C13H12O3. The van der Waals surface area contributed by atoms with Gasteiger partial charge in [-0.1, -0.05) is 23.8 Å². The minimum Gasteiger partial charge on any atom is -0.393 e. The van der Waals surface area contributed by atoms with Crippen molar-refractivity contribution in [1.82, 2.24) is 0 Å². The van der Waals surface area contributed by atoms with Crippen LogP contribution in [0.3, 0.4) is 0 Å². The third kappa shape index (κ3) is 0.751. The van der Waals surface area contributed by atoms with E-state index in [4.69, 9.17) is 4.74 Å². The van der Waals surface area contributed by atoms with Crippen molar-refractivity contribution >= 4 is 11.9 Å². The molecule has 1 aliphatic heterocycles. The molecule has 3 nitrogen and oxygen atoms in total. The Kier molecular flexibility index (Phi) is 1.35. The zero-order valence-corrected chi connectivity index (χ0v) is 8.92. The van der Waals surface area contributed by atoms with Gasteiger partial charge in [-0.05, 0) is 30.6 Å². The van der Waals surface area contributed by atoms with Crippen molar-refractivity contribution < 1.29 is 14.3 Å². The largest absolute Gasteiger partial charge is 0.393 e. The second-order valence-electron chi connectivity index (χ2n) is 5.35. The molecule has 0 spiro atoms. The van der Waals surface area contributed by atoms with Gasteiger partial charge in [0.1, 0.15) is 0 Å². The molecule has 1 saturated heterocycles. The van der Waals surface area contributed by atoms with Gasteiger partial charge in [-0.2, -0.15) is 0 Å². The summed E-state index contributed by atoms with van der Waals surface area (Å²) in [5.74, 6) is 0.342. The second kappa shape index (κ2) is 2.47. The van der Waals surface area contributed by atoms with E-state index in [1.165, 1.54) is 5.57 Å². The van der Waals surface area contributed by atoms with Crippen molar-refractivity contribution in [2.24, 2.45) is 35.5 Å². The van der Waals surface area contributed by atoms with Crippen LogP contribution in [0.2, 0.25) is 0 Å². The van der Waals surface area contributed by atoms with Gasteiger partial charge >= 0.3 is 11.9 Å². The third-order valence-electron chi connectivity index (χ3n) is 4.77. The summed E-state index contributed by atoms with van der Waals surface area (Å²) in [6.07, 6.45) is 6.50. The lowest BCUT2D eigenvalue weighted by molar-refractivity contribution is -0.154. The minimum atomic E-state index is -0.300. The van der Waals surface area contributed by atoms with Crippen molar-refractivity contribution in [3.63, 3.8) is 0 Å². The van der Waals surface area contributed by atoms with E-state index in [9.17, 15) is 9.59 Å². The molecule has 5 rings (SSSR count). The normalized spacial score (nSPS) is 51.7. The Labute approximate surface area is 93.2 Å². The predicted octanol–water partition coefficient (Wildman–Crippen LogP) is 1.31. The Bertz CT molecular complexity index is 474. The molecule has 2 fully saturated rings. The SMILES string of the molecule is CC1=C[C@H]2[C@@H]3C=C[C@@H]([C@@H]12)[C@H]1C(=O)OC(=O)[C@H]31. The van der Waals surface area contributed by atoms with Crippen molar-refractivity contribution in [2.75, 3.05) is 0 Å². The molecule has 0 aromatic heterocycles. The number of rotatable bonds is 0. The Hall–Kier alpha value is -1.38. The van der Waals surface area contributed by atoms with E-state index in [1.807, 2.05) is 0 Å². The molecule has 1 saturated carbocycles. The first-order valence-corrected chi connectivity index (χ1v) is 5.80. The molecule has 0 unspecified atom stereocenters. The van der Waals surface area contributed by atoms with Crippen LogP contribution in [-0.2, 0) is 14.3 Å². The van der Waals surface area contributed by atoms with Crippen molar-refractivity contribution in [3.05, 3.63) is 23.8 Å². The van der Waals surface area contributed by atoms with Crippen LogP contribution in [0.1, 0.15) is 6.92 Å². The van der Waals surface area contributed by atoms with E-state index >= 15 is 0 Å². The highest BCUT2D eigenvalue weighted by Gasteiger charge is 2.62. The third-order valence-corrected chi connectivity index (χ3v) is 4.77. The summed E-state index contributed by atoms with van der Waals surface area (Å²) in [7, 11) is 0. The Balaban J connectivity index is 1.86. The molecular weight excluding hydrogens is 204 g/mol. The maximum Gasteiger partial charge on any atom is 0.318 e. The van der Waals surface area contributed by atoms with E-state index in [0.29, 0.717) is 11.8 Å². The van der Waals surface area contributed by atoms with Crippen LogP contribution in [0.25, 0.3) is 0 Å². The van der Waals surface area contributed by atoms with Crippen LogP contribution in [-0.4, -0.2) is 11.9 Å². The summed E-state index contributed by atoms with van der Waals surface area (Å²) >= 11 is 0. The molecule has 4 aliphatic carbocycles. The first-order chi connectivity index (χ1) is 7.68. The Morgan fingerprint density at radius 3 is 2.25 bits per heavy atom. The fraction of sp³-hybridized carbons (Fsp3) is 0.538. The number of ether oxygens (including phenoxy) is 1. The fourth-order valence-electron chi connectivity index (χ4n) is 4.14. The molecule has 0 aromatic carbocycles. The summed E-state index contributed by atoms with van der Waals surface area (Å²) < 4.78 is 4.81. The van der Waals surface area contributed by atoms with Crippen molar-refractivity contribution in [2.45, 2.75) is 6.92 Å². The number of esters is 2. The number of carbonyl (C=O) groups is 2. The molecule has 0 radical (unpaired) electrons. The van der Waals surface area contributed by atoms with Gasteiger partial charge in [0, 0.05) is 0 Å². The standard InChI is InChI=1S/C13H12O3/c1-5-4-8-6-2-3-7(9(5)8)11-10(6)12(14)16-13(11)15/h2-4,6-11H,1H3/t6-,7-,8-,9+,10+,11+/m0/s1. The summed E-state index contributed by atoms with van der Waals surface area (Å²) in [5.41, 5.74) is 1.37. The molecule has 1 heterocycles. The van der Waals surface area contributed by atoms with Crippen molar-refractivity contribution in [3.8, 4) is 0 Å². The van der Waals surface area contributed by atoms with Crippen LogP contribution in [0.5, 0.6) is 0 Å². The number of hydrogen-bond donors (Lipinski definition) is 0. The maximum absolute atomic E-state index is 11.7. The number of cyclic esters (lactones) is 2. The van der Waals surface area contributed by atoms with Gasteiger partial charge in [-0.25, -0.2) is 0 Å². The van der Waals surface area contributed by atoms with Gasteiger partial charge in [0.2, 0.25) is 0 Å². The van der Waals surface area contributed by atoms with E-state index in [-0.39, 0.29) is 35.6 Å². The smallest absolute Gasteiger partial charge is 0.318 e. The highest BCUT2D eigenvalue weighted by Crippen LogP contribution is 2.60. The van der Waals surface area contributed by atoms with Crippen LogP contribution in [0.15, 0.2) is 23.8 Å². The topological polar surface area (TPSA) is 43.4 Å². The lowest BCUT2D eigenvalue weighted by Crippen LogP contribution is -2.52. The maximum atomic E-state index is 11.7. The van der Waals surface area contributed by atoms with Gasteiger partial charge in [0.05, 0.1) is 11.8 Å². The predicted molar refractivity (Wildman–Crippen MR) is 54.9 cm³/mol. The first-order valence-electron chi connectivity index (χ1n) is 5.80. The molecule has 0 N–H and O–H groups in total. The zero-order valence-electron chi connectivity index (χ0n) is 8.92. The van der Waals surface area contributed by atoms with E-state index in [2.05, 4.69) is 25.2 Å². The first kappa shape index (κ1) is 8.74. The fourth-order valence-corrected chi connectivity index (χ4v) is 4.14. The van der Waals surface area contributed by atoms with Crippen LogP contribution < -0.4 is 0 Å². The lowest BCUT2D eigenvalue weighted by atomic mass is 9.48. The van der Waals surface area contributed by atoms with Gasteiger partial charge in [-0.3, -0.25) is 9.59 Å². The van der Waals surface area contributed by atoms with E-state index < -0.39 is 0 Å². The van der Waals surface area contributed by atoms with Gasteiger partial charge in [-0.15, -0.1) is 0 Å². The average Bonchev–Trinajstić information content (AvgIpc) is 2.54. The monoisotopic (exact) mass is 216 g/mol. The number of allylic oxidation sites excluding steroid dienone is 4. The Morgan fingerprint density at radius 1 is 0.938 bits per heavy atom. The number of hydrogen-bond acceptors (Lipinski definition) is 3. The molecule has 6 atom stereocenters.